The maximum Gasteiger partial charge on any atom is 0.329 e. The molecule has 1 N–H and O–H groups in total. The monoisotopic (exact) mass is 413 g/mol. The Labute approximate surface area is 162 Å². The maximum absolute atomic E-state index is 13.8. The van der Waals surface area contributed by atoms with Gasteiger partial charge in [0, 0.05) is 5.41 Å². The second-order valence-corrected chi connectivity index (χ2v) is 8.24. The summed E-state index contributed by atoms with van der Waals surface area (Å²) in [5, 5.41) is 7.48. The average molecular weight is 413 g/mol. The minimum absolute atomic E-state index is 0.0227. The maximum atomic E-state index is 13.8. The van der Waals surface area contributed by atoms with Crippen LogP contribution in [0.15, 0.2) is 4.63 Å². The summed E-state index contributed by atoms with van der Waals surface area (Å²) in [6.45, 7) is 4.94. The van der Waals surface area contributed by atoms with Gasteiger partial charge in [-0.05, 0) is 6.92 Å². The Morgan fingerprint density at radius 2 is 1.69 bits per heavy atom. The van der Waals surface area contributed by atoms with Crippen molar-refractivity contribution in [2.45, 2.75) is 51.4 Å². The van der Waals surface area contributed by atoms with Crippen molar-refractivity contribution in [3.63, 3.8) is 0 Å². The zero-order valence-corrected chi connectivity index (χ0v) is 16.2. The third-order valence-corrected chi connectivity index (χ3v) is 4.75. The molecule has 1 aliphatic heterocycles. The fourth-order valence-electron chi connectivity index (χ4n) is 3.06. The van der Waals surface area contributed by atoms with E-state index in [0.717, 1.165) is 4.90 Å². The van der Waals surface area contributed by atoms with Crippen LogP contribution in [0, 0.1) is 6.92 Å². The number of alkyl halides is 4. The summed E-state index contributed by atoms with van der Waals surface area (Å²) in [7, 11) is 0. The molecule has 3 aromatic rings. The fourth-order valence-corrected chi connectivity index (χ4v) is 3.06. The molecule has 0 aliphatic carbocycles. The van der Waals surface area contributed by atoms with E-state index in [1.165, 1.54) is 0 Å². The predicted molar refractivity (Wildman–Crippen MR) is 94.3 cm³/mol. The smallest absolute Gasteiger partial charge is 0.329 e. The Bertz CT molecular complexity index is 1050. The van der Waals surface area contributed by atoms with Crippen LogP contribution in [-0.2, 0) is 11.8 Å². The third-order valence-electron chi connectivity index (χ3n) is 4.75. The number of aromatic nitrogens is 6. The number of nitrogens with one attached hydrogen (secondary N) is 1. The van der Waals surface area contributed by atoms with E-state index in [1.54, 1.807) is 6.92 Å². The van der Waals surface area contributed by atoms with E-state index in [2.05, 4.69) is 34.9 Å². The SMILES string of the molecule is Cc1nonc1Cc1nc2nc(C(C)(C)C)nc(N3CC(F)(F)C(F)(F)C3)c2[nH]1. The number of aryl methyl sites for hydroxylation is 1. The number of imidazole rings is 1. The Morgan fingerprint density at radius 1 is 1.03 bits per heavy atom. The first kappa shape index (κ1) is 19.5. The standard InChI is InChI=1S/C17H19F4N7O/c1-8-9(27-29-26-8)5-10-22-11-12(23-10)24-14(15(2,3)4)25-13(11)28-6-16(18,19)17(20,21)7-28/h5-7H2,1-4H3,(H,22,23,24,25). The van der Waals surface area contributed by atoms with E-state index in [0.29, 0.717) is 23.0 Å². The first-order chi connectivity index (χ1) is 13.4. The molecule has 0 spiro atoms. The Balaban J connectivity index is 1.82. The van der Waals surface area contributed by atoms with Crippen LogP contribution in [0.3, 0.4) is 0 Å². The fraction of sp³-hybridized carbons (Fsp3) is 0.588. The second-order valence-electron chi connectivity index (χ2n) is 8.24. The Morgan fingerprint density at radius 3 is 2.24 bits per heavy atom. The van der Waals surface area contributed by atoms with Gasteiger partial charge in [0.1, 0.15) is 28.6 Å². The molecule has 12 heteroatoms. The molecule has 0 atom stereocenters. The predicted octanol–water partition coefficient (Wildman–Crippen LogP) is 3.02. The molecular formula is C17H19F4N7O. The molecule has 0 saturated carbocycles. The number of rotatable bonds is 3. The zero-order chi connectivity index (χ0) is 21.2. The van der Waals surface area contributed by atoms with Crippen molar-refractivity contribution >= 4 is 17.0 Å². The number of hydrogen-bond donors (Lipinski definition) is 1. The molecular weight excluding hydrogens is 394 g/mol. The quantitative estimate of drug-likeness (QED) is 0.660. The molecule has 156 valence electrons. The van der Waals surface area contributed by atoms with Gasteiger partial charge < -0.3 is 9.88 Å². The summed E-state index contributed by atoms with van der Waals surface area (Å²) in [6.07, 6.45) is 0.225. The highest BCUT2D eigenvalue weighted by molar-refractivity contribution is 5.84. The van der Waals surface area contributed by atoms with Crippen LogP contribution in [0.4, 0.5) is 23.4 Å². The highest BCUT2D eigenvalue weighted by atomic mass is 19.3. The lowest BCUT2D eigenvalue weighted by Gasteiger charge is -2.21. The van der Waals surface area contributed by atoms with Gasteiger partial charge in [0.2, 0.25) is 0 Å². The van der Waals surface area contributed by atoms with Gasteiger partial charge in [-0.1, -0.05) is 31.1 Å². The molecule has 0 bridgehead atoms. The normalized spacial score (nSPS) is 18.7. The van der Waals surface area contributed by atoms with Crippen LogP contribution in [0.5, 0.6) is 0 Å². The largest absolute Gasteiger partial charge is 0.342 e. The van der Waals surface area contributed by atoms with E-state index in [4.69, 9.17) is 0 Å². The van der Waals surface area contributed by atoms with Gasteiger partial charge in [-0.3, -0.25) is 0 Å². The molecule has 0 aromatic carbocycles. The minimum atomic E-state index is -4.15. The minimum Gasteiger partial charge on any atom is -0.342 e. The van der Waals surface area contributed by atoms with E-state index in [9.17, 15) is 17.6 Å². The lowest BCUT2D eigenvalue weighted by molar-refractivity contribution is -0.172. The summed E-state index contributed by atoms with van der Waals surface area (Å²) >= 11 is 0. The molecule has 1 fully saturated rings. The van der Waals surface area contributed by atoms with Gasteiger partial charge in [-0.2, -0.15) is 17.6 Å². The third kappa shape index (κ3) is 3.29. The van der Waals surface area contributed by atoms with Gasteiger partial charge in [0.05, 0.1) is 19.5 Å². The summed E-state index contributed by atoms with van der Waals surface area (Å²) in [6, 6.07) is 0. The number of H-pyrrole nitrogens is 1. The van der Waals surface area contributed by atoms with Crippen molar-refractivity contribution in [3.8, 4) is 0 Å². The van der Waals surface area contributed by atoms with Crippen molar-refractivity contribution in [2.75, 3.05) is 18.0 Å². The van der Waals surface area contributed by atoms with Crippen LogP contribution >= 0.6 is 0 Å². The molecule has 8 nitrogen and oxygen atoms in total. The summed E-state index contributed by atoms with van der Waals surface area (Å²) in [5.41, 5.74) is 0.998. The Kier molecular flexibility index (Phi) is 4.11. The van der Waals surface area contributed by atoms with Gasteiger partial charge in [0.25, 0.3) is 0 Å². The second kappa shape index (κ2) is 6.10. The molecule has 0 radical (unpaired) electrons. The molecule has 0 unspecified atom stereocenters. The van der Waals surface area contributed by atoms with Crippen molar-refractivity contribution < 1.29 is 22.2 Å². The molecule has 4 rings (SSSR count). The number of nitrogens with zero attached hydrogens (tertiary/aromatic N) is 6. The molecule has 4 heterocycles. The first-order valence-electron chi connectivity index (χ1n) is 8.93. The van der Waals surface area contributed by atoms with Gasteiger partial charge >= 0.3 is 11.8 Å². The van der Waals surface area contributed by atoms with E-state index in [-0.39, 0.29) is 23.4 Å². The molecule has 29 heavy (non-hydrogen) atoms. The molecule has 0 amide bonds. The molecule has 1 aliphatic rings. The van der Waals surface area contributed by atoms with Crippen molar-refractivity contribution in [1.29, 1.82) is 0 Å². The summed E-state index contributed by atoms with van der Waals surface area (Å²) in [4.78, 5) is 17.0. The Hall–Kier alpha value is -2.79. The molecule has 1 saturated heterocycles. The summed E-state index contributed by atoms with van der Waals surface area (Å²) in [5.74, 6) is -7.60. The number of hydrogen-bond acceptors (Lipinski definition) is 7. The van der Waals surface area contributed by atoms with Gasteiger partial charge in [-0.25, -0.2) is 19.6 Å². The van der Waals surface area contributed by atoms with E-state index in [1.807, 2.05) is 20.8 Å². The highest BCUT2D eigenvalue weighted by Gasteiger charge is 2.63. The van der Waals surface area contributed by atoms with Crippen molar-refractivity contribution in [1.82, 2.24) is 30.2 Å². The van der Waals surface area contributed by atoms with Crippen molar-refractivity contribution in [3.05, 3.63) is 23.0 Å². The van der Waals surface area contributed by atoms with Gasteiger partial charge in [-0.15, -0.1) is 0 Å². The van der Waals surface area contributed by atoms with Crippen LogP contribution in [-0.4, -0.2) is 55.2 Å². The zero-order valence-electron chi connectivity index (χ0n) is 16.2. The topological polar surface area (TPSA) is 96.6 Å². The number of fused-ring (bicyclic) bond motifs is 1. The van der Waals surface area contributed by atoms with Crippen LogP contribution in [0.25, 0.3) is 11.2 Å². The van der Waals surface area contributed by atoms with E-state index >= 15 is 0 Å². The lowest BCUT2D eigenvalue weighted by Crippen LogP contribution is -2.38. The number of halogens is 4. The first-order valence-corrected chi connectivity index (χ1v) is 8.93. The summed E-state index contributed by atoms with van der Waals surface area (Å²) < 4.78 is 59.9. The highest BCUT2D eigenvalue weighted by Crippen LogP contribution is 2.43. The van der Waals surface area contributed by atoms with E-state index < -0.39 is 30.3 Å². The molecule has 3 aromatic heterocycles. The van der Waals surface area contributed by atoms with Crippen LogP contribution in [0.1, 0.15) is 43.8 Å². The average Bonchev–Trinajstić information content (AvgIpc) is 3.23. The van der Waals surface area contributed by atoms with Crippen LogP contribution < -0.4 is 4.90 Å². The number of aromatic amines is 1. The van der Waals surface area contributed by atoms with Gasteiger partial charge in [0.15, 0.2) is 11.5 Å². The van der Waals surface area contributed by atoms with Crippen molar-refractivity contribution in [2.24, 2.45) is 0 Å². The van der Waals surface area contributed by atoms with Crippen LogP contribution in [0.2, 0.25) is 0 Å². The lowest BCUT2D eigenvalue weighted by atomic mass is 9.96. The number of anilines is 1.